The summed E-state index contributed by atoms with van der Waals surface area (Å²) in [6, 6.07) is 10.4. The first-order valence-electron chi connectivity index (χ1n) is 6.88. The number of halogens is 1. The third kappa shape index (κ3) is 3.88. The summed E-state index contributed by atoms with van der Waals surface area (Å²) < 4.78 is 13.0. The van der Waals surface area contributed by atoms with Crippen molar-refractivity contribution in [1.82, 2.24) is 10.2 Å². The number of aromatic nitrogens is 2. The zero-order valence-corrected chi connectivity index (χ0v) is 12.7. The van der Waals surface area contributed by atoms with Crippen molar-refractivity contribution in [2.75, 3.05) is 11.9 Å². The van der Waals surface area contributed by atoms with Gasteiger partial charge in [-0.15, -0.1) is 10.2 Å². The second-order valence-electron chi connectivity index (χ2n) is 5.83. The maximum absolute atomic E-state index is 13.0. The van der Waals surface area contributed by atoms with Gasteiger partial charge in [0.2, 0.25) is 0 Å². The molecule has 1 heterocycles. The molecule has 4 heteroatoms. The second kappa shape index (κ2) is 6.04. The highest BCUT2D eigenvalue weighted by Crippen LogP contribution is 2.23. The van der Waals surface area contributed by atoms with Crippen LogP contribution < -0.4 is 5.32 Å². The van der Waals surface area contributed by atoms with Gasteiger partial charge in [0.25, 0.3) is 0 Å². The Hall–Kier alpha value is -2.23. The molecule has 2 aromatic rings. The van der Waals surface area contributed by atoms with E-state index in [-0.39, 0.29) is 11.2 Å². The molecule has 1 N–H and O–H groups in total. The predicted molar refractivity (Wildman–Crippen MR) is 84.7 cm³/mol. The Morgan fingerprint density at radius 1 is 1.14 bits per heavy atom. The molecule has 0 saturated heterocycles. The van der Waals surface area contributed by atoms with Gasteiger partial charge >= 0.3 is 0 Å². The summed E-state index contributed by atoms with van der Waals surface area (Å²) in [5.74, 6) is 0.499. The van der Waals surface area contributed by atoms with E-state index in [2.05, 4.69) is 35.9 Å². The first-order chi connectivity index (χ1) is 9.88. The molecule has 3 nitrogen and oxygen atoms in total. The number of rotatable bonds is 5. The number of allylic oxidation sites excluding steroid dienone is 1. The SMILES string of the molecule is C=C(C)c1ccc(NCC(C)(C)c2ccc(F)cc2)nn1. The summed E-state index contributed by atoms with van der Waals surface area (Å²) in [6.45, 7) is 10.6. The normalized spacial score (nSPS) is 11.2. The van der Waals surface area contributed by atoms with Crippen LogP contribution in [0.1, 0.15) is 32.0 Å². The average Bonchev–Trinajstić information content (AvgIpc) is 2.46. The fraction of sp³-hybridized carbons (Fsp3) is 0.294. The topological polar surface area (TPSA) is 37.8 Å². The van der Waals surface area contributed by atoms with Crippen LogP contribution in [-0.4, -0.2) is 16.7 Å². The van der Waals surface area contributed by atoms with Gasteiger partial charge in [-0.1, -0.05) is 32.6 Å². The van der Waals surface area contributed by atoms with Crippen LogP contribution in [0.3, 0.4) is 0 Å². The van der Waals surface area contributed by atoms with Crippen LogP contribution >= 0.6 is 0 Å². The molecule has 110 valence electrons. The molecule has 0 spiro atoms. The van der Waals surface area contributed by atoms with Crippen LogP contribution in [0.2, 0.25) is 0 Å². The molecule has 0 aliphatic carbocycles. The maximum Gasteiger partial charge on any atom is 0.148 e. The van der Waals surface area contributed by atoms with Crippen molar-refractivity contribution >= 4 is 11.4 Å². The molecule has 21 heavy (non-hydrogen) atoms. The first kappa shape index (κ1) is 15.2. The minimum absolute atomic E-state index is 0.137. The third-order valence-electron chi connectivity index (χ3n) is 3.44. The van der Waals surface area contributed by atoms with Crippen LogP contribution in [0.5, 0.6) is 0 Å². The Kier molecular flexibility index (Phi) is 4.36. The van der Waals surface area contributed by atoms with Crippen molar-refractivity contribution in [3.8, 4) is 0 Å². The summed E-state index contributed by atoms with van der Waals surface area (Å²) in [5.41, 5.74) is 2.62. The van der Waals surface area contributed by atoms with E-state index in [1.165, 1.54) is 12.1 Å². The zero-order valence-electron chi connectivity index (χ0n) is 12.7. The number of hydrogen-bond donors (Lipinski definition) is 1. The lowest BCUT2D eigenvalue weighted by Gasteiger charge is -2.25. The second-order valence-corrected chi connectivity index (χ2v) is 5.83. The van der Waals surface area contributed by atoms with Crippen molar-refractivity contribution in [3.05, 3.63) is 60.1 Å². The van der Waals surface area contributed by atoms with Crippen molar-refractivity contribution in [1.29, 1.82) is 0 Å². The molecule has 2 rings (SSSR count). The lowest BCUT2D eigenvalue weighted by molar-refractivity contribution is 0.552. The molecule has 0 aliphatic heterocycles. The van der Waals surface area contributed by atoms with E-state index in [4.69, 9.17) is 0 Å². The molecular formula is C17H20FN3. The van der Waals surface area contributed by atoms with Crippen LogP contribution in [0.15, 0.2) is 43.0 Å². The Morgan fingerprint density at radius 3 is 2.33 bits per heavy atom. The monoisotopic (exact) mass is 285 g/mol. The number of hydrogen-bond acceptors (Lipinski definition) is 3. The van der Waals surface area contributed by atoms with Gasteiger partial charge in [-0.2, -0.15) is 0 Å². The highest BCUT2D eigenvalue weighted by molar-refractivity contribution is 5.57. The van der Waals surface area contributed by atoms with Crippen LogP contribution in [0, 0.1) is 5.82 Å². The molecule has 0 unspecified atom stereocenters. The van der Waals surface area contributed by atoms with E-state index in [0.29, 0.717) is 6.54 Å². The van der Waals surface area contributed by atoms with Gasteiger partial charge in [0, 0.05) is 12.0 Å². The van der Waals surface area contributed by atoms with Gasteiger partial charge in [0.1, 0.15) is 11.6 Å². The van der Waals surface area contributed by atoms with Gasteiger partial charge in [0.05, 0.1) is 5.69 Å². The molecule has 0 bridgehead atoms. The number of nitrogens with zero attached hydrogens (tertiary/aromatic N) is 2. The third-order valence-corrected chi connectivity index (χ3v) is 3.44. The van der Waals surface area contributed by atoms with Crippen molar-refractivity contribution in [3.63, 3.8) is 0 Å². The Balaban J connectivity index is 2.04. The zero-order chi connectivity index (χ0) is 15.5. The largest absolute Gasteiger partial charge is 0.368 e. The van der Waals surface area contributed by atoms with Gasteiger partial charge in [-0.25, -0.2) is 4.39 Å². The number of nitrogens with one attached hydrogen (secondary N) is 1. The lowest BCUT2D eigenvalue weighted by Crippen LogP contribution is -2.28. The number of anilines is 1. The predicted octanol–water partition coefficient (Wildman–Crippen LogP) is 4.04. The van der Waals surface area contributed by atoms with Crippen LogP contribution in [0.25, 0.3) is 5.57 Å². The minimum atomic E-state index is -0.219. The Morgan fingerprint density at radius 2 is 1.81 bits per heavy atom. The van der Waals surface area contributed by atoms with E-state index in [1.807, 2.05) is 31.2 Å². The van der Waals surface area contributed by atoms with E-state index in [0.717, 1.165) is 22.6 Å². The minimum Gasteiger partial charge on any atom is -0.368 e. The van der Waals surface area contributed by atoms with Gasteiger partial charge in [-0.3, -0.25) is 0 Å². The average molecular weight is 285 g/mol. The first-order valence-corrected chi connectivity index (χ1v) is 6.88. The summed E-state index contributed by atoms with van der Waals surface area (Å²) in [7, 11) is 0. The molecule has 1 aromatic carbocycles. The Labute approximate surface area is 124 Å². The smallest absolute Gasteiger partial charge is 0.148 e. The summed E-state index contributed by atoms with van der Waals surface area (Å²) in [6.07, 6.45) is 0. The van der Waals surface area contributed by atoms with E-state index in [9.17, 15) is 4.39 Å². The fourth-order valence-electron chi connectivity index (χ4n) is 1.97. The van der Waals surface area contributed by atoms with Crippen LogP contribution in [-0.2, 0) is 5.41 Å². The summed E-state index contributed by atoms with van der Waals surface area (Å²) in [5, 5.41) is 11.5. The van der Waals surface area contributed by atoms with E-state index < -0.39 is 0 Å². The van der Waals surface area contributed by atoms with Crippen molar-refractivity contribution in [2.24, 2.45) is 0 Å². The highest BCUT2D eigenvalue weighted by atomic mass is 19.1. The van der Waals surface area contributed by atoms with Gasteiger partial charge < -0.3 is 5.32 Å². The molecule has 0 atom stereocenters. The van der Waals surface area contributed by atoms with Gasteiger partial charge in [0.15, 0.2) is 0 Å². The van der Waals surface area contributed by atoms with Gasteiger partial charge in [-0.05, 0) is 42.3 Å². The Bertz CT molecular complexity index is 615. The molecule has 1 aromatic heterocycles. The van der Waals surface area contributed by atoms with Crippen molar-refractivity contribution in [2.45, 2.75) is 26.2 Å². The molecular weight excluding hydrogens is 265 g/mol. The fourth-order valence-corrected chi connectivity index (χ4v) is 1.97. The van der Waals surface area contributed by atoms with Crippen molar-refractivity contribution < 1.29 is 4.39 Å². The molecule has 0 fully saturated rings. The summed E-state index contributed by atoms with van der Waals surface area (Å²) in [4.78, 5) is 0. The molecule has 0 aliphatic rings. The molecule has 0 amide bonds. The van der Waals surface area contributed by atoms with E-state index in [1.54, 1.807) is 0 Å². The molecule has 0 radical (unpaired) electrons. The number of benzene rings is 1. The molecule has 0 saturated carbocycles. The summed E-state index contributed by atoms with van der Waals surface area (Å²) >= 11 is 0. The lowest BCUT2D eigenvalue weighted by atomic mass is 9.84. The quantitative estimate of drug-likeness (QED) is 0.901. The standard InChI is InChI=1S/C17H20FN3/c1-12(2)15-9-10-16(21-20-15)19-11-17(3,4)13-5-7-14(18)8-6-13/h5-10H,1,11H2,2-4H3,(H,19,21). The maximum atomic E-state index is 13.0. The highest BCUT2D eigenvalue weighted by Gasteiger charge is 2.20. The van der Waals surface area contributed by atoms with E-state index >= 15 is 0 Å². The van der Waals surface area contributed by atoms with Crippen LogP contribution in [0.4, 0.5) is 10.2 Å².